The van der Waals surface area contributed by atoms with Gasteiger partial charge < -0.3 is 14.8 Å². The van der Waals surface area contributed by atoms with Crippen LogP contribution in [0, 0.1) is 0 Å². The molecule has 0 aliphatic rings. The number of carbonyl (C=O) groups excluding carboxylic acids is 1. The van der Waals surface area contributed by atoms with Crippen molar-refractivity contribution in [2.75, 3.05) is 6.61 Å². The Morgan fingerprint density at radius 1 is 1.24 bits per heavy atom. The van der Waals surface area contributed by atoms with Crippen LogP contribution in [0.2, 0.25) is 15.6 Å². The molecular formula is C12H16Cl3N3O3. The molecule has 0 spiro atoms. The number of hydrogen-bond donors (Lipinski definition) is 1. The number of nitrogens with one attached hydrogen (secondary N) is 1. The summed E-state index contributed by atoms with van der Waals surface area (Å²) in [7, 11) is 0. The molecule has 1 rings (SSSR count). The van der Waals surface area contributed by atoms with Crippen LogP contribution in [0.3, 0.4) is 0 Å². The fourth-order valence-electron chi connectivity index (χ4n) is 1.25. The molecule has 0 saturated heterocycles. The molecule has 0 aliphatic carbocycles. The van der Waals surface area contributed by atoms with Crippen molar-refractivity contribution in [3.05, 3.63) is 15.6 Å². The first-order valence-electron chi connectivity index (χ1n) is 6.09. The Hall–Kier alpha value is -0.980. The summed E-state index contributed by atoms with van der Waals surface area (Å²) in [5, 5.41) is 2.55. The molecule has 0 saturated carbocycles. The summed E-state index contributed by atoms with van der Waals surface area (Å²) >= 11 is 17.3. The molecule has 6 nitrogen and oxygen atoms in total. The van der Waals surface area contributed by atoms with Crippen LogP contribution in [0.1, 0.15) is 27.7 Å². The molecule has 0 aliphatic heterocycles. The second-order valence-corrected chi connectivity index (χ2v) is 6.32. The first-order chi connectivity index (χ1) is 9.58. The van der Waals surface area contributed by atoms with E-state index in [1.807, 2.05) is 0 Å². The van der Waals surface area contributed by atoms with Crippen LogP contribution in [0.25, 0.3) is 0 Å². The van der Waals surface area contributed by atoms with E-state index >= 15 is 0 Å². The van der Waals surface area contributed by atoms with E-state index in [-0.39, 0.29) is 34.0 Å². The van der Waals surface area contributed by atoms with Crippen molar-refractivity contribution in [1.29, 1.82) is 0 Å². The summed E-state index contributed by atoms with van der Waals surface area (Å²) in [6.07, 6.45) is -0.539. The standard InChI is InChI=1S/C12H16Cl3N3O3/c1-6(16-11(19)21-12(2,3)4)5-20-7-8(13)17-10(15)18-9(7)14/h6H,5H2,1-4H3,(H,16,19). The summed E-state index contributed by atoms with van der Waals surface area (Å²) in [6, 6.07) is -0.331. The van der Waals surface area contributed by atoms with E-state index in [0.717, 1.165) is 0 Å². The number of ether oxygens (including phenoxy) is 2. The Kier molecular flexibility index (Phi) is 6.31. The van der Waals surface area contributed by atoms with Gasteiger partial charge >= 0.3 is 6.09 Å². The number of rotatable bonds is 4. The van der Waals surface area contributed by atoms with Crippen LogP contribution in [0.4, 0.5) is 4.79 Å². The molecule has 0 aromatic carbocycles. The lowest BCUT2D eigenvalue weighted by Gasteiger charge is -2.22. The molecule has 0 radical (unpaired) electrons. The molecule has 1 unspecified atom stereocenters. The van der Waals surface area contributed by atoms with Crippen molar-refractivity contribution in [3.8, 4) is 5.75 Å². The second-order valence-electron chi connectivity index (χ2n) is 5.26. The molecule has 1 amide bonds. The fraction of sp³-hybridized carbons (Fsp3) is 0.583. The van der Waals surface area contributed by atoms with Crippen molar-refractivity contribution in [2.45, 2.75) is 39.3 Å². The molecule has 0 fully saturated rings. The van der Waals surface area contributed by atoms with Crippen LogP contribution in [0.5, 0.6) is 5.75 Å². The maximum atomic E-state index is 11.6. The van der Waals surface area contributed by atoms with Gasteiger partial charge in [0.1, 0.15) is 12.2 Å². The molecule has 9 heteroatoms. The van der Waals surface area contributed by atoms with Gasteiger partial charge in [-0.15, -0.1) is 0 Å². The van der Waals surface area contributed by atoms with E-state index in [1.54, 1.807) is 27.7 Å². The van der Waals surface area contributed by atoms with Gasteiger partial charge in [-0.25, -0.2) is 14.8 Å². The van der Waals surface area contributed by atoms with E-state index < -0.39 is 11.7 Å². The lowest BCUT2D eigenvalue weighted by molar-refractivity contribution is 0.0494. The minimum absolute atomic E-state index is 0.00414. The number of halogens is 3. The third kappa shape index (κ3) is 6.54. The summed E-state index contributed by atoms with van der Waals surface area (Å²) in [5.74, 6) is 0.112. The maximum absolute atomic E-state index is 11.6. The van der Waals surface area contributed by atoms with Crippen LogP contribution in [-0.4, -0.2) is 34.3 Å². The van der Waals surface area contributed by atoms with Gasteiger partial charge in [0.2, 0.25) is 5.28 Å². The zero-order valence-corrected chi connectivity index (χ0v) is 14.3. The average Bonchev–Trinajstić information content (AvgIpc) is 2.23. The highest BCUT2D eigenvalue weighted by Crippen LogP contribution is 2.30. The fourth-order valence-corrected chi connectivity index (χ4v) is 2.00. The van der Waals surface area contributed by atoms with Gasteiger partial charge in [-0.2, -0.15) is 0 Å². The predicted octanol–water partition coefficient (Wildman–Crippen LogP) is 3.73. The Labute approximate surface area is 138 Å². The van der Waals surface area contributed by atoms with Crippen molar-refractivity contribution >= 4 is 40.9 Å². The van der Waals surface area contributed by atoms with Crippen molar-refractivity contribution in [2.24, 2.45) is 0 Å². The van der Waals surface area contributed by atoms with E-state index in [9.17, 15) is 4.79 Å². The zero-order valence-electron chi connectivity index (χ0n) is 12.0. The predicted molar refractivity (Wildman–Crippen MR) is 81.4 cm³/mol. The Bertz CT molecular complexity index is 497. The van der Waals surface area contributed by atoms with E-state index in [4.69, 9.17) is 44.3 Å². The summed E-state index contributed by atoms with van der Waals surface area (Å²) < 4.78 is 10.5. The smallest absolute Gasteiger partial charge is 0.407 e. The van der Waals surface area contributed by atoms with Crippen LogP contribution in [0.15, 0.2) is 0 Å². The van der Waals surface area contributed by atoms with Crippen molar-refractivity contribution in [1.82, 2.24) is 15.3 Å². The van der Waals surface area contributed by atoms with Gasteiger partial charge in [0, 0.05) is 0 Å². The molecular weight excluding hydrogens is 341 g/mol. The molecule has 21 heavy (non-hydrogen) atoms. The third-order valence-electron chi connectivity index (χ3n) is 2.00. The Balaban J connectivity index is 2.54. The van der Waals surface area contributed by atoms with E-state index in [1.165, 1.54) is 0 Å². The Morgan fingerprint density at radius 3 is 2.24 bits per heavy atom. The quantitative estimate of drug-likeness (QED) is 0.657. The minimum Gasteiger partial charge on any atom is -0.485 e. The lowest BCUT2D eigenvalue weighted by Crippen LogP contribution is -2.40. The first kappa shape index (κ1) is 18.1. The summed E-state index contributed by atoms with van der Waals surface area (Å²) in [6.45, 7) is 7.18. The van der Waals surface area contributed by atoms with Gasteiger partial charge in [-0.1, -0.05) is 23.2 Å². The zero-order chi connectivity index (χ0) is 16.2. The first-order valence-corrected chi connectivity index (χ1v) is 7.22. The molecule has 1 aromatic rings. The minimum atomic E-state index is -0.568. The second kappa shape index (κ2) is 7.33. The Morgan fingerprint density at radius 2 is 1.76 bits per heavy atom. The summed E-state index contributed by atoms with van der Waals surface area (Å²) in [4.78, 5) is 19.0. The largest absolute Gasteiger partial charge is 0.485 e. The summed E-state index contributed by atoms with van der Waals surface area (Å²) in [5.41, 5.74) is -0.568. The van der Waals surface area contributed by atoms with Crippen LogP contribution in [-0.2, 0) is 4.74 Å². The molecule has 1 heterocycles. The van der Waals surface area contributed by atoms with Crippen molar-refractivity contribution < 1.29 is 14.3 Å². The highest BCUT2D eigenvalue weighted by atomic mass is 35.5. The number of aromatic nitrogens is 2. The molecule has 1 aromatic heterocycles. The van der Waals surface area contributed by atoms with Crippen LogP contribution >= 0.6 is 34.8 Å². The highest BCUT2D eigenvalue weighted by Gasteiger charge is 2.19. The number of alkyl carbamates (subject to hydrolysis) is 1. The molecule has 118 valence electrons. The molecule has 0 bridgehead atoms. The number of carbonyl (C=O) groups is 1. The third-order valence-corrected chi connectivity index (χ3v) is 2.68. The van der Waals surface area contributed by atoms with Gasteiger partial charge in [0.05, 0.1) is 6.04 Å². The van der Waals surface area contributed by atoms with Gasteiger partial charge in [-0.05, 0) is 39.3 Å². The SMILES string of the molecule is CC(COc1c(Cl)nc(Cl)nc1Cl)NC(=O)OC(C)(C)C. The van der Waals surface area contributed by atoms with E-state index in [0.29, 0.717) is 0 Å². The lowest BCUT2D eigenvalue weighted by atomic mass is 10.2. The van der Waals surface area contributed by atoms with E-state index in [2.05, 4.69) is 15.3 Å². The van der Waals surface area contributed by atoms with Gasteiger partial charge in [-0.3, -0.25) is 0 Å². The maximum Gasteiger partial charge on any atom is 0.407 e. The van der Waals surface area contributed by atoms with Gasteiger partial charge in [0.15, 0.2) is 16.1 Å². The van der Waals surface area contributed by atoms with Crippen LogP contribution < -0.4 is 10.1 Å². The molecule has 1 N–H and O–H groups in total. The average molecular weight is 357 g/mol. The molecule has 1 atom stereocenters. The van der Waals surface area contributed by atoms with Gasteiger partial charge in [0.25, 0.3) is 0 Å². The number of hydrogen-bond acceptors (Lipinski definition) is 5. The monoisotopic (exact) mass is 355 g/mol. The number of amides is 1. The normalized spacial score (nSPS) is 12.7. The highest BCUT2D eigenvalue weighted by molar-refractivity contribution is 6.37. The number of nitrogens with zero attached hydrogens (tertiary/aromatic N) is 2. The topological polar surface area (TPSA) is 73.3 Å². The van der Waals surface area contributed by atoms with Crippen molar-refractivity contribution in [3.63, 3.8) is 0 Å².